The van der Waals surface area contributed by atoms with Gasteiger partial charge in [0, 0.05) is 25.2 Å². The van der Waals surface area contributed by atoms with Crippen molar-refractivity contribution in [3.8, 4) is 0 Å². The van der Waals surface area contributed by atoms with Crippen LogP contribution in [-0.4, -0.2) is 29.6 Å². The van der Waals surface area contributed by atoms with Crippen LogP contribution in [0.5, 0.6) is 0 Å². The first kappa shape index (κ1) is 19.0. The summed E-state index contributed by atoms with van der Waals surface area (Å²) in [6, 6.07) is 32.5. The van der Waals surface area contributed by atoms with E-state index in [1.807, 2.05) is 0 Å². The van der Waals surface area contributed by atoms with Gasteiger partial charge in [-0.15, -0.1) is 0 Å². The lowest BCUT2D eigenvalue weighted by atomic mass is 9.96. The van der Waals surface area contributed by atoms with E-state index >= 15 is 0 Å². The Balaban J connectivity index is 1.30. The minimum atomic E-state index is 0.528. The summed E-state index contributed by atoms with van der Waals surface area (Å²) in [5, 5.41) is 5.58. The van der Waals surface area contributed by atoms with Crippen LogP contribution in [0.15, 0.2) is 84.9 Å². The van der Waals surface area contributed by atoms with E-state index in [-0.39, 0.29) is 0 Å². The molecular weight excluding hydrogens is 376 g/mol. The molecule has 2 fully saturated rings. The molecule has 2 aliphatic rings. The molecular formula is C29H30N2. The second-order valence-electron chi connectivity index (χ2n) is 9.22. The van der Waals surface area contributed by atoms with Crippen molar-refractivity contribution in [1.82, 2.24) is 9.80 Å². The van der Waals surface area contributed by atoms with Gasteiger partial charge in [-0.2, -0.15) is 0 Å². The molecule has 0 aromatic heterocycles. The van der Waals surface area contributed by atoms with Crippen LogP contribution in [0.4, 0.5) is 0 Å². The van der Waals surface area contributed by atoms with Crippen molar-refractivity contribution >= 4 is 21.5 Å². The van der Waals surface area contributed by atoms with Crippen molar-refractivity contribution in [2.75, 3.05) is 19.8 Å². The van der Waals surface area contributed by atoms with Crippen molar-refractivity contribution in [2.24, 2.45) is 0 Å². The van der Waals surface area contributed by atoms with E-state index < -0.39 is 0 Å². The molecule has 2 saturated heterocycles. The predicted octanol–water partition coefficient (Wildman–Crippen LogP) is 6.92. The average molecular weight is 407 g/mol. The number of nitrogens with zero attached hydrogens (tertiary/aromatic N) is 2. The molecule has 2 atom stereocenters. The molecule has 0 aliphatic carbocycles. The zero-order valence-electron chi connectivity index (χ0n) is 18.1. The molecule has 156 valence electrons. The number of benzene rings is 4. The maximum atomic E-state index is 2.74. The van der Waals surface area contributed by atoms with Crippen LogP contribution in [0.25, 0.3) is 21.5 Å². The van der Waals surface area contributed by atoms with Crippen LogP contribution in [0.3, 0.4) is 0 Å². The fourth-order valence-electron chi connectivity index (χ4n) is 6.01. The summed E-state index contributed by atoms with van der Waals surface area (Å²) in [4.78, 5) is 5.48. The summed E-state index contributed by atoms with van der Waals surface area (Å²) in [6.45, 7) is 3.47. The van der Waals surface area contributed by atoms with E-state index in [0.717, 1.165) is 6.67 Å². The SMILES string of the molecule is c1ccc2c(C3CCCN3CN3CCCC3c3cccc4ccccc34)cccc2c1. The van der Waals surface area contributed by atoms with Gasteiger partial charge in [0.15, 0.2) is 0 Å². The summed E-state index contributed by atoms with van der Waals surface area (Å²) in [6.07, 6.45) is 5.11. The van der Waals surface area contributed by atoms with Gasteiger partial charge in [-0.25, -0.2) is 0 Å². The normalized spacial score (nSPS) is 22.6. The number of hydrogen-bond acceptors (Lipinski definition) is 2. The molecule has 2 aliphatic heterocycles. The molecule has 0 radical (unpaired) electrons. The van der Waals surface area contributed by atoms with E-state index in [4.69, 9.17) is 0 Å². The highest BCUT2D eigenvalue weighted by molar-refractivity contribution is 5.87. The third-order valence-electron chi connectivity index (χ3n) is 7.46. The van der Waals surface area contributed by atoms with Gasteiger partial charge in [-0.05, 0) is 58.4 Å². The first-order valence-corrected chi connectivity index (χ1v) is 11.8. The van der Waals surface area contributed by atoms with E-state index in [0.29, 0.717) is 12.1 Å². The molecule has 2 unspecified atom stereocenters. The highest BCUT2D eigenvalue weighted by atomic mass is 15.3. The minimum Gasteiger partial charge on any atom is -0.283 e. The van der Waals surface area contributed by atoms with Crippen molar-refractivity contribution in [3.05, 3.63) is 96.1 Å². The summed E-state index contributed by atoms with van der Waals surface area (Å²) < 4.78 is 0. The molecule has 31 heavy (non-hydrogen) atoms. The van der Waals surface area contributed by atoms with E-state index in [1.54, 1.807) is 0 Å². The fourth-order valence-corrected chi connectivity index (χ4v) is 6.01. The Hall–Kier alpha value is -2.68. The van der Waals surface area contributed by atoms with Gasteiger partial charge in [-0.3, -0.25) is 9.80 Å². The molecule has 0 saturated carbocycles. The molecule has 4 aromatic rings. The second kappa shape index (κ2) is 8.11. The summed E-state index contributed by atoms with van der Waals surface area (Å²) in [5.41, 5.74) is 3.02. The zero-order chi connectivity index (χ0) is 20.6. The largest absolute Gasteiger partial charge is 0.283 e. The topological polar surface area (TPSA) is 6.48 Å². The highest BCUT2D eigenvalue weighted by Gasteiger charge is 2.33. The Morgan fingerprint density at radius 2 is 1.00 bits per heavy atom. The van der Waals surface area contributed by atoms with E-state index in [9.17, 15) is 0 Å². The average Bonchev–Trinajstić information content (AvgIpc) is 3.48. The third kappa shape index (κ3) is 3.44. The van der Waals surface area contributed by atoms with Crippen LogP contribution in [0.2, 0.25) is 0 Å². The second-order valence-corrected chi connectivity index (χ2v) is 9.22. The molecule has 2 nitrogen and oxygen atoms in total. The maximum absolute atomic E-state index is 2.74. The van der Waals surface area contributed by atoms with Gasteiger partial charge in [-0.1, -0.05) is 84.9 Å². The van der Waals surface area contributed by atoms with Crippen molar-refractivity contribution in [2.45, 2.75) is 37.8 Å². The van der Waals surface area contributed by atoms with Crippen LogP contribution >= 0.6 is 0 Å². The Morgan fingerprint density at radius 3 is 1.52 bits per heavy atom. The van der Waals surface area contributed by atoms with Crippen LogP contribution < -0.4 is 0 Å². The molecule has 0 amide bonds. The summed E-state index contributed by atoms with van der Waals surface area (Å²) in [5.74, 6) is 0. The molecule has 4 aromatic carbocycles. The summed E-state index contributed by atoms with van der Waals surface area (Å²) in [7, 11) is 0. The smallest absolute Gasteiger partial charge is 0.0517 e. The van der Waals surface area contributed by atoms with Gasteiger partial charge in [0.25, 0.3) is 0 Å². The van der Waals surface area contributed by atoms with Gasteiger partial charge in [0.2, 0.25) is 0 Å². The maximum Gasteiger partial charge on any atom is 0.0517 e. The van der Waals surface area contributed by atoms with Gasteiger partial charge >= 0.3 is 0 Å². The Morgan fingerprint density at radius 1 is 0.548 bits per heavy atom. The lowest BCUT2D eigenvalue weighted by molar-refractivity contribution is 0.111. The number of likely N-dealkylation sites (tertiary alicyclic amines) is 2. The fraction of sp³-hybridized carbons (Fsp3) is 0.310. The Bertz CT molecular complexity index is 1110. The lowest BCUT2D eigenvalue weighted by Crippen LogP contribution is -2.37. The molecule has 2 heterocycles. The van der Waals surface area contributed by atoms with Crippen molar-refractivity contribution in [3.63, 3.8) is 0 Å². The van der Waals surface area contributed by atoms with E-state index in [1.165, 1.54) is 71.4 Å². The molecule has 0 spiro atoms. The lowest BCUT2D eigenvalue weighted by Gasteiger charge is -2.34. The van der Waals surface area contributed by atoms with Crippen molar-refractivity contribution in [1.29, 1.82) is 0 Å². The van der Waals surface area contributed by atoms with E-state index in [2.05, 4.69) is 94.7 Å². The first-order valence-electron chi connectivity index (χ1n) is 11.8. The third-order valence-corrected chi connectivity index (χ3v) is 7.46. The van der Waals surface area contributed by atoms with Crippen molar-refractivity contribution < 1.29 is 0 Å². The highest BCUT2D eigenvalue weighted by Crippen LogP contribution is 2.40. The van der Waals surface area contributed by atoms with Crippen LogP contribution in [0, 0.1) is 0 Å². The quantitative estimate of drug-likeness (QED) is 0.363. The van der Waals surface area contributed by atoms with Gasteiger partial charge in [0.1, 0.15) is 0 Å². The Kier molecular flexibility index (Phi) is 4.98. The molecule has 0 N–H and O–H groups in total. The molecule has 0 bridgehead atoms. The molecule has 2 heteroatoms. The number of rotatable bonds is 4. The number of hydrogen-bond donors (Lipinski definition) is 0. The van der Waals surface area contributed by atoms with Crippen LogP contribution in [0.1, 0.15) is 48.9 Å². The van der Waals surface area contributed by atoms with Crippen LogP contribution in [-0.2, 0) is 0 Å². The zero-order valence-corrected chi connectivity index (χ0v) is 18.1. The Labute approximate surface area is 185 Å². The number of fused-ring (bicyclic) bond motifs is 2. The predicted molar refractivity (Wildman–Crippen MR) is 130 cm³/mol. The minimum absolute atomic E-state index is 0.528. The monoisotopic (exact) mass is 406 g/mol. The molecule has 6 rings (SSSR count). The summed E-state index contributed by atoms with van der Waals surface area (Å²) >= 11 is 0. The van der Waals surface area contributed by atoms with Gasteiger partial charge < -0.3 is 0 Å². The standard InChI is InChI=1S/C29H30N2/c1-3-13-24-22(9-1)11-5-15-26(24)28-17-7-19-30(28)21-31-20-8-18-29(31)27-16-6-12-23-10-2-4-14-25(23)27/h1-6,9-16,28-29H,7-8,17-21H2. The van der Waals surface area contributed by atoms with Gasteiger partial charge in [0.05, 0.1) is 6.67 Å². The first-order chi connectivity index (χ1) is 15.4.